The Morgan fingerprint density at radius 3 is 2.78 bits per heavy atom. The number of carbonyl (C=O) groups is 1. The second-order valence-corrected chi connectivity index (χ2v) is 4.82. The fourth-order valence-electron chi connectivity index (χ4n) is 1.74. The molecule has 1 atom stereocenters. The van der Waals surface area contributed by atoms with Crippen LogP contribution in [-0.2, 0) is 0 Å². The molecule has 1 aromatic rings. The molecular formula is C13H20N2O3. The standard InChI is InChI=1S/C13H20N2O3/c1-4-5-13(3,18)8-15-12(17)10-7-14-9(2)6-11(10)16/h6-7,18H,4-5,8H2,1-3H3,(H,14,16)(H,15,17). The third-order valence-electron chi connectivity index (χ3n) is 2.72. The van der Waals surface area contributed by atoms with E-state index in [2.05, 4.69) is 10.3 Å². The first kappa shape index (κ1) is 14.4. The largest absolute Gasteiger partial charge is 0.388 e. The Morgan fingerprint density at radius 1 is 1.56 bits per heavy atom. The summed E-state index contributed by atoms with van der Waals surface area (Å²) in [6.07, 6.45) is 2.81. The van der Waals surface area contributed by atoms with Crippen molar-refractivity contribution < 1.29 is 9.90 Å². The van der Waals surface area contributed by atoms with Gasteiger partial charge in [0.1, 0.15) is 5.56 Å². The number of hydrogen-bond donors (Lipinski definition) is 3. The molecule has 0 aliphatic carbocycles. The molecule has 3 N–H and O–H groups in total. The second kappa shape index (κ2) is 5.82. The van der Waals surface area contributed by atoms with Gasteiger partial charge in [-0.1, -0.05) is 13.3 Å². The summed E-state index contributed by atoms with van der Waals surface area (Å²) in [5.74, 6) is -0.465. The maximum absolute atomic E-state index is 11.8. The van der Waals surface area contributed by atoms with Crippen LogP contribution in [0.4, 0.5) is 0 Å². The van der Waals surface area contributed by atoms with Crippen LogP contribution in [0, 0.1) is 6.92 Å². The fourth-order valence-corrected chi connectivity index (χ4v) is 1.74. The number of hydrogen-bond acceptors (Lipinski definition) is 3. The number of aliphatic hydroxyl groups is 1. The van der Waals surface area contributed by atoms with Gasteiger partial charge in [-0.15, -0.1) is 0 Å². The van der Waals surface area contributed by atoms with Gasteiger partial charge < -0.3 is 15.4 Å². The first-order valence-corrected chi connectivity index (χ1v) is 6.05. The van der Waals surface area contributed by atoms with Crippen LogP contribution in [0.3, 0.4) is 0 Å². The van der Waals surface area contributed by atoms with Crippen molar-refractivity contribution in [2.24, 2.45) is 0 Å². The lowest BCUT2D eigenvalue weighted by molar-refractivity contribution is 0.0469. The Labute approximate surface area is 106 Å². The average Bonchev–Trinajstić information content (AvgIpc) is 2.26. The monoisotopic (exact) mass is 252 g/mol. The summed E-state index contributed by atoms with van der Waals surface area (Å²) in [4.78, 5) is 26.2. The van der Waals surface area contributed by atoms with Crippen molar-refractivity contribution in [1.29, 1.82) is 0 Å². The van der Waals surface area contributed by atoms with Crippen LogP contribution < -0.4 is 10.7 Å². The average molecular weight is 252 g/mol. The van der Waals surface area contributed by atoms with E-state index in [0.717, 1.165) is 6.42 Å². The van der Waals surface area contributed by atoms with Crippen molar-refractivity contribution in [3.05, 3.63) is 33.7 Å². The van der Waals surface area contributed by atoms with Crippen LogP contribution in [-0.4, -0.2) is 28.1 Å². The highest BCUT2D eigenvalue weighted by molar-refractivity contribution is 5.93. The van der Waals surface area contributed by atoms with Crippen LogP contribution in [0.5, 0.6) is 0 Å². The van der Waals surface area contributed by atoms with E-state index in [-0.39, 0.29) is 17.5 Å². The summed E-state index contributed by atoms with van der Waals surface area (Å²) in [6.45, 7) is 5.50. The van der Waals surface area contributed by atoms with Crippen molar-refractivity contribution in [3.8, 4) is 0 Å². The van der Waals surface area contributed by atoms with Crippen LogP contribution in [0.15, 0.2) is 17.1 Å². The molecule has 0 saturated carbocycles. The summed E-state index contributed by atoms with van der Waals surface area (Å²) in [5, 5.41) is 12.5. The van der Waals surface area contributed by atoms with E-state index >= 15 is 0 Å². The van der Waals surface area contributed by atoms with Crippen molar-refractivity contribution in [2.45, 2.75) is 39.2 Å². The minimum absolute atomic E-state index is 0.0629. The molecule has 0 aromatic carbocycles. The van der Waals surface area contributed by atoms with Gasteiger partial charge in [0.15, 0.2) is 5.43 Å². The predicted octanol–water partition coefficient (Wildman–Crippen LogP) is 0.964. The molecule has 0 spiro atoms. The van der Waals surface area contributed by atoms with E-state index < -0.39 is 11.5 Å². The van der Waals surface area contributed by atoms with E-state index in [4.69, 9.17) is 0 Å². The topological polar surface area (TPSA) is 82.2 Å². The number of pyridine rings is 1. The molecule has 0 bridgehead atoms. The lowest BCUT2D eigenvalue weighted by Gasteiger charge is -2.22. The van der Waals surface area contributed by atoms with Crippen LogP contribution in [0.25, 0.3) is 0 Å². The van der Waals surface area contributed by atoms with E-state index in [1.165, 1.54) is 12.3 Å². The fraction of sp³-hybridized carbons (Fsp3) is 0.538. The quantitative estimate of drug-likeness (QED) is 0.730. The van der Waals surface area contributed by atoms with Crippen LogP contribution in [0.1, 0.15) is 42.7 Å². The van der Waals surface area contributed by atoms with Gasteiger partial charge in [-0.05, 0) is 20.3 Å². The molecule has 0 fully saturated rings. The van der Waals surface area contributed by atoms with Gasteiger partial charge in [0.2, 0.25) is 0 Å². The lowest BCUT2D eigenvalue weighted by Crippen LogP contribution is -2.41. The highest BCUT2D eigenvalue weighted by Gasteiger charge is 2.20. The maximum atomic E-state index is 11.8. The zero-order valence-electron chi connectivity index (χ0n) is 11.0. The minimum atomic E-state index is -0.943. The first-order valence-electron chi connectivity index (χ1n) is 6.05. The molecule has 18 heavy (non-hydrogen) atoms. The number of aromatic amines is 1. The Balaban J connectivity index is 2.69. The number of amides is 1. The van der Waals surface area contributed by atoms with Gasteiger partial charge in [0.05, 0.1) is 5.60 Å². The van der Waals surface area contributed by atoms with Crippen LogP contribution >= 0.6 is 0 Å². The zero-order valence-corrected chi connectivity index (χ0v) is 11.0. The maximum Gasteiger partial charge on any atom is 0.256 e. The Kier molecular flexibility index (Phi) is 4.67. The van der Waals surface area contributed by atoms with E-state index in [1.807, 2.05) is 6.92 Å². The third-order valence-corrected chi connectivity index (χ3v) is 2.72. The summed E-state index contributed by atoms with van der Waals surface area (Å²) in [7, 11) is 0. The highest BCUT2D eigenvalue weighted by atomic mass is 16.3. The Hall–Kier alpha value is -1.62. The van der Waals surface area contributed by atoms with Crippen molar-refractivity contribution >= 4 is 5.91 Å². The van der Waals surface area contributed by atoms with Gasteiger partial charge in [-0.25, -0.2) is 0 Å². The van der Waals surface area contributed by atoms with Gasteiger partial charge in [-0.3, -0.25) is 9.59 Å². The van der Waals surface area contributed by atoms with E-state index in [1.54, 1.807) is 13.8 Å². The number of carbonyl (C=O) groups excluding carboxylic acids is 1. The van der Waals surface area contributed by atoms with Crippen molar-refractivity contribution in [2.75, 3.05) is 6.54 Å². The zero-order chi connectivity index (χ0) is 13.8. The third kappa shape index (κ3) is 4.00. The van der Waals surface area contributed by atoms with Crippen molar-refractivity contribution in [1.82, 2.24) is 10.3 Å². The number of aryl methyl sites for hydroxylation is 1. The molecule has 1 rings (SSSR count). The van der Waals surface area contributed by atoms with Gasteiger partial charge >= 0.3 is 0 Å². The molecule has 0 aliphatic heterocycles. The summed E-state index contributed by atoms with van der Waals surface area (Å²) in [6, 6.07) is 1.37. The molecule has 0 saturated heterocycles. The van der Waals surface area contributed by atoms with Crippen LogP contribution in [0.2, 0.25) is 0 Å². The van der Waals surface area contributed by atoms with E-state index in [9.17, 15) is 14.7 Å². The molecule has 1 heterocycles. The van der Waals surface area contributed by atoms with E-state index in [0.29, 0.717) is 12.1 Å². The molecule has 0 radical (unpaired) electrons. The number of aromatic nitrogens is 1. The molecule has 5 nitrogen and oxygen atoms in total. The number of H-pyrrole nitrogens is 1. The molecule has 1 aromatic heterocycles. The smallest absolute Gasteiger partial charge is 0.256 e. The van der Waals surface area contributed by atoms with Gasteiger partial charge in [-0.2, -0.15) is 0 Å². The summed E-state index contributed by atoms with van der Waals surface area (Å²) < 4.78 is 0. The molecule has 0 aliphatic rings. The summed E-state index contributed by atoms with van der Waals surface area (Å²) >= 11 is 0. The highest BCUT2D eigenvalue weighted by Crippen LogP contribution is 2.10. The number of nitrogens with one attached hydrogen (secondary N) is 2. The van der Waals surface area contributed by atoms with Crippen molar-refractivity contribution in [3.63, 3.8) is 0 Å². The first-order chi connectivity index (χ1) is 8.35. The molecule has 100 valence electrons. The second-order valence-electron chi connectivity index (χ2n) is 4.82. The SMILES string of the molecule is CCCC(C)(O)CNC(=O)c1c[nH]c(C)cc1=O. The molecule has 5 heteroatoms. The minimum Gasteiger partial charge on any atom is -0.388 e. The Bertz CT molecular complexity index is 477. The number of rotatable bonds is 5. The molecule has 1 amide bonds. The van der Waals surface area contributed by atoms with Gasteiger partial charge in [0, 0.05) is 24.5 Å². The Morgan fingerprint density at radius 2 is 2.22 bits per heavy atom. The van der Waals surface area contributed by atoms with Gasteiger partial charge in [0.25, 0.3) is 5.91 Å². The molecule has 1 unspecified atom stereocenters. The summed E-state index contributed by atoms with van der Waals surface area (Å²) in [5.41, 5.74) is -0.497. The normalized spacial score (nSPS) is 14.0. The lowest BCUT2D eigenvalue weighted by atomic mass is 10.0. The molecular weight excluding hydrogens is 232 g/mol. The predicted molar refractivity (Wildman–Crippen MR) is 69.7 cm³/mol.